The van der Waals surface area contributed by atoms with E-state index in [0.29, 0.717) is 23.5 Å². The minimum atomic E-state index is 0.351. The van der Waals surface area contributed by atoms with Gasteiger partial charge in [0.05, 0.1) is 20.3 Å². The van der Waals surface area contributed by atoms with Gasteiger partial charge in [-0.05, 0) is 67.9 Å². The highest BCUT2D eigenvalue weighted by molar-refractivity contribution is 5.92. The number of ketones is 1. The third kappa shape index (κ3) is 2.69. The maximum Gasteiger partial charge on any atom is 0.159 e. The Morgan fingerprint density at radius 1 is 0.947 bits per heavy atom. The molecule has 1 N–H and O–H groups in total. The molecule has 0 aromatic heterocycles. The van der Waals surface area contributed by atoms with Crippen LogP contribution in [0, 0.1) is 29.6 Å². The molecule has 0 aromatic carbocycles. The van der Waals surface area contributed by atoms with Crippen LogP contribution in [0.1, 0.15) is 32.1 Å². The average Bonchev–Trinajstić information content (AvgIpc) is 2.33. The molecular formula is C17H26NO+. The van der Waals surface area contributed by atoms with Gasteiger partial charge < -0.3 is 4.90 Å². The van der Waals surface area contributed by atoms with Crippen molar-refractivity contribution >= 4 is 5.78 Å². The summed E-state index contributed by atoms with van der Waals surface area (Å²) in [6.07, 6.45) is 14.6. The first kappa shape index (κ1) is 13.1. The van der Waals surface area contributed by atoms with Crippen LogP contribution in [0.3, 0.4) is 0 Å². The van der Waals surface area contributed by atoms with Crippen molar-refractivity contribution in [2.75, 3.05) is 14.1 Å². The maximum atomic E-state index is 12.5. The molecule has 4 aliphatic rings. The van der Waals surface area contributed by atoms with Gasteiger partial charge in [0.1, 0.15) is 0 Å². The van der Waals surface area contributed by atoms with Crippen LogP contribution in [-0.2, 0) is 4.79 Å². The van der Waals surface area contributed by atoms with Crippen LogP contribution in [-0.4, -0.2) is 19.9 Å². The second kappa shape index (κ2) is 5.24. The third-order valence-electron chi connectivity index (χ3n) is 5.36. The van der Waals surface area contributed by atoms with Crippen LogP contribution < -0.4 is 4.90 Å². The van der Waals surface area contributed by atoms with Crippen molar-refractivity contribution in [3.63, 3.8) is 0 Å². The lowest BCUT2D eigenvalue weighted by molar-refractivity contribution is -0.801. The molecule has 0 heterocycles. The molecule has 104 valence electrons. The largest absolute Gasteiger partial charge is 0.314 e. The Balaban J connectivity index is 1.64. The predicted octanol–water partition coefficient (Wildman–Crippen LogP) is 1.84. The van der Waals surface area contributed by atoms with Crippen LogP contribution in [0.25, 0.3) is 0 Å². The van der Waals surface area contributed by atoms with E-state index < -0.39 is 0 Å². The fourth-order valence-corrected chi connectivity index (χ4v) is 4.90. The molecule has 0 atom stereocenters. The standard InChI is InChI=1S/C17H25NO/c1-18(2)6-4-3-5-16(19)17-14-8-12-7-13(10-14)11-15(17)9-12/h3-6,12-15,17H,7-11H2,1-2H3/p+1/b5-3+,6-4+. The van der Waals surface area contributed by atoms with Crippen LogP contribution in [0.5, 0.6) is 0 Å². The highest BCUT2D eigenvalue weighted by atomic mass is 16.1. The van der Waals surface area contributed by atoms with Crippen LogP contribution in [0.15, 0.2) is 24.4 Å². The monoisotopic (exact) mass is 260 g/mol. The lowest BCUT2D eigenvalue weighted by Gasteiger charge is -2.53. The minimum absolute atomic E-state index is 0.351. The van der Waals surface area contributed by atoms with Gasteiger partial charge >= 0.3 is 0 Å². The Labute approximate surface area is 116 Å². The molecule has 4 aliphatic carbocycles. The molecule has 4 rings (SSSR count). The van der Waals surface area contributed by atoms with E-state index in [1.165, 1.54) is 37.0 Å². The zero-order chi connectivity index (χ0) is 13.4. The van der Waals surface area contributed by atoms with E-state index in [2.05, 4.69) is 20.3 Å². The van der Waals surface area contributed by atoms with Gasteiger partial charge in [0.15, 0.2) is 5.78 Å². The Morgan fingerprint density at radius 3 is 2.05 bits per heavy atom. The molecule has 0 unspecified atom stereocenters. The number of quaternary nitrogens is 1. The van der Waals surface area contributed by atoms with Crippen molar-refractivity contribution in [3.05, 3.63) is 24.4 Å². The number of nitrogens with one attached hydrogen (secondary N) is 1. The van der Waals surface area contributed by atoms with Crippen LogP contribution in [0.4, 0.5) is 0 Å². The number of carbonyl (C=O) groups is 1. The summed E-state index contributed by atoms with van der Waals surface area (Å²) in [6.45, 7) is 0. The lowest BCUT2D eigenvalue weighted by Crippen LogP contribution is -3.00. The Bertz CT molecular complexity index is 379. The van der Waals surface area contributed by atoms with Crippen molar-refractivity contribution in [1.29, 1.82) is 0 Å². The molecule has 0 spiro atoms. The quantitative estimate of drug-likeness (QED) is 0.604. The summed E-state index contributed by atoms with van der Waals surface area (Å²) in [6, 6.07) is 0. The molecule has 19 heavy (non-hydrogen) atoms. The van der Waals surface area contributed by atoms with Crippen molar-refractivity contribution in [3.8, 4) is 0 Å². The second-order valence-electron chi connectivity index (χ2n) is 7.15. The fourth-order valence-electron chi connectivity index (χ4n) is 4.90. The third-order valence-corrected chi connectivity index (χ3v) is 5.36. The van der Waals surface area contributed by atoms with Crippen LogP contribution >= 0.6 is 0 Å². The summed E-state index contributed by atoms with van der Waals surface area (Å²) in [5, 5.41) is 0. The van der Waals surface area contributed by atoms with E-state index in [4.69, 9.17) is 0 Å². The summed E-state index contributed by atoms with van der Waals surface area (Å²) < 4.78 is 0. The topological polar surface area (TPSA) is 21.5 Å². The molecule has 0 radical (unpaired) electrons. The number of carbonyl (C=O) groups excluding carboxylic acids is 1. The Kier molecular flexibility index (Phi) is 3.62. The van der Waals surface area contributed by atoms with E-state index in [1.54, 1.807) is 0 Å². The second-order valence-corrected chi connectivity index (χ2v) is 7.15. The highest BCUT2D eigenvalue weighted by Crippen LogP contribution is 2.56. The van der Waals surface area contributed by atoms with Gasteiger partial charge in [0, 0.05) is 5.92 Å². The van der Waals surface area contributed by atoms with Crippen molar-refractivity contribution < 1.29 is 9.69 Å². The van der Waals surface area contributed by atoms with Gasteiger partial charge in [-0.3, -0.25) is 4.79 Å². The molecule has 0 aromatic rings. The Hall–Kier alpha value is -0.890. The Morgan fingerprint density at radius 2 is 1.53 bits per heavy atom. The fraction of sp³-hybridized carbons (Fsp3) is 0.706. The maximum absolute atomic E-state index is 12.5. The zero-order valence-corrected chi connectivity index (χ0v) is 12.1. The summed E-state index contributed by atoms with van der Waals surface area (Å²) in [5.41, 5.74) is 0. The van der Waals surface area contributed by atoms with Crippen LogP contribution in [0.2, 0.25) is 0 Å². The number of hydrogen-bond donors (Lipinski definition) is 1. The minimum Gasteiger partial charge on any atom is -0.314 e. The van der Waals surface area contributed by atoms with E-state index in [1.807, 2.05) is 18.2 Å². The average molecular weight is 260 g/mol. The van der Waals surface area contributed by atoms with Crippen molar-refractivity contribution in [2.24, 2.45) is 29.6 Å². The van der Waals surface area contributed by atoms with E-state index in [-0.39, 0.29) is 0 Å². The zero-order valence-electron chi connectivity index (χ0n) is 12.1. The molecule has 4 fully saturated rings. The highest BCUT2D eigenvalue weighted by Gasteiger charge is 2.49. The summed E-state index contributed by atoms with van der Waals surface area (Å²) >= 11 is 0. The molecule has 2 nitrogen and oxygen atoms in total. The summed E-state index contributed by atoms with van der Waals surface area (Å²) in [5.74, 6) is 4.06. The predicted molar refractivity (Wildman–Crippen MR) is 76.6 cm³/mol. The van der Waals surface area contributed by atoms with Gasteiger partial charge in [0.25, 0.3) is 0 Å². The van der Waals surface area contributed by atoms with Crippen molar-refractivity contribution in [2.45, 2.75) is 32.1 Å². The number of allylic oxidation sites excluding steroid dienone is 3. The van der Waals surface area contributed by atoms with Gasteiger partial charge in [0.2, 0.25) is 0 Å². The summed E-state index contributed by atoms with van der Waals surface area (Å²) in [4.78, 5) is 13.7. The first-order chi connectivity index (χ1) is 9.13. The molecular weight excluding hydrogens is 234 g/mol. The number of rotatable bonds is 4. The molecule has 0 amide bonds. The lowest BCUT2D eigenvalue weighted by atomic mass is 9.51. The van der Waals surface area contributed by atoms with E-state index >= 15 is 0 Å². The molecule has 0 saturated heterocycles. The first-order valence-corrected chi connectivity index (χ1v) is 7.82. The van der Waals surface area contributed by atoms with Gasteiger partial charge in [-0.15, -0.1) is 0 Å². The molecule has 2 heteroatoms. The number of hydrogen-bond acceptors (Lipinski definition) is 1. The molecule has 4 saturated carbocycles. The van der Waals surface area contributed by atoms with Gasteiger partial charge in [-0.2, -0.15) is 0 Å². The normalized spacial score (nSPS) is 40.9. The first-order valence-electron chi connectivity index (χ1n) is 7.82. The molecule has 4 bridgehead atoms. The van der Waals surface area contributed by atoms with Gasteiger partial charge in [-0.25, -0.2) is 0 Å². The summed E-state index contributed by atoms with van der Waals surface area (Å²) in [7, 11) is 4.15. The van der Waals surface area contributed by atoms with E-state index in [9.17, 15) is 4.79 Å². The molecule has 0 aliphatic heterocycles. The smallest absolute Gasteiger partial charge is 0.159 e. The van der Waals surface area contributed by atoms with Crippen molar-refractivity contribution in [1.82, 2.24) is 0 Å². The van der Waals surface area contributed by atoms with E-state index in [0.717, 1.165) is 11.8 Å². The van der Waals surface area contributed by atoms with Gasteiger partial charge in [-0.1, -0.05) is 6.08 Å². The SMILES string of the molecule is C[NH+](C)/C=C/C=C/C(=O)C1C2CC3CC(C2)CC1C3.